The Labute approximate surface area is 160 Å². The zero-order valence-electron chi connectivity index (χ0n) is 15.2. The van der Waals surface area contributed by atoms with Crippen LogP contribution in [0.25, 0.3) is 11.4 Å². The monoisotopic (exact) mass is 378 g/mol. The van der Waals surface area contributed by atoms with E-state index in [1.807, 2.05) is 31.2 Å². The SMILES string of the molecule is Cc1ccc(-c2noc([C@H]3CCCN3C(=O)c3cccc([N+](=O)[O-])c3)n2)cc1. The fraction of sp³-hybridized carbons (Fsp3) is 0.250. The van der Waals surface area contributed by atoms with Crippen molar-refractivity contribution in [3.63, 3.8) is 0 Å². The standard InChI is InChI=1S/C20H18N4O4/c1-13-7-9-14(10-8-13)18-21-19(28-22-18)17-6-3-11-23(17)20(25)15-4-2-5-16(12-15)24(26)27/h2,4-5,7-10,12,17H,3,6,11H2,1H3/t17-/m1/s1. The van der Waals surface area contributed by atoms with Crippen molar-refractivity contribution in [1.82, 2.24) is 15.0 Å². The van der Waals surface area contributed by atoms with Crippen LogP contribution in [0.3, 0.4) is 0 Å². The summed E-state index contributed by atoms with van der Waals surface area (Å²) in [6.45, 7) is 2.54. The minimum atomic E-state index is -0.510. The summed E-state index contributed by atoms with van der Waals surface area (Å²) in [6, 6.07) is 13.2. The zero-order valence-corrected chi connectivity index (χ0v) is 15.2. The number of nitrogens with zero attached hydrogens (tertiary/aromatic N) is 4. The Kier molecular flexibility index (Phi) is 4.60. The molecule has 4 rings (SSSR count). The summed E-state index contributed by atoms with van der Waals surface area (Å²) >= 11 is 0. The number of aryl methyl sites for hydroxylation is 1. The summed E-state index contributed by atoms with van der Waals surface area (Å²) in [6.07, 6.45) is 1.50. The van der Waals surface area contributed by atoms with Crippen molar-refractivity contribution in [3.8, 4) is 11.4 Å². The van der Waals surface area contributed by atoms with Crippen LogP contribution in [0.15, 0.2) is 53.1 Å². The number of nitro benzene ring substituents is 1. The Bertz CT molecular complexity index is 1030. The largest absolute Gasteiger partial charge is 0.337 e. The smallest absolute Gasteiger partial charge is 0.270 e. The Morgan fingerprint density at radius 1 is 1.25 bits per heavy atom. The van der Waals surface area contributed by atoms with E-state index in [4.69, 9.17) is 4.52 Å². The van der Waals surface area contributed by atoms with Gasteiger partial charge in [0.15, 0.2) is 0 Å². The summed E-state index contributed by atoms with van der Waals surface area (Å²) < 4.78 is 5.45. The lowest BCUT2D eigenvalue weighted by molar-refractivity contribution is -0.384. The second-order valence-corrected chi connectivity index (χ2v) is 6.79. The lowest BCUT2D eigenvalue weighted by Gasteiger charge is -2.21. The van der Waals surface area contributed by atoms with Gasteiger partial charge in [0.05, 0.1) is 4.92 Å². The Hall–Kier alpha value is -3.55. The molecule has 1 saturated heterocycles. The maximum atomic E-state index is 12.9. The number of benzene rings is 2. The number of amides is 1. The molecule has 8 nitrogen and oxygen atoms in total. The number of aromatic nitrogens is 2. The number of carbonyl (C=O) groups excluding carboxylic acids is 1. The quantitative estimate of drug-likeness (QED) is 0.503. The zero-order chi connectivity index (χ0) is 19.7. The van der Waals surface area contributed by atoms with Crippen molar-refractivity contribution in [1.29, 1.82) is 0 Å². The van der Waals surface area contributed by atoms with Crippen LogP contribution in [-0.2, 0) is 0 Å². The second-order valence-electron chi connectivity index (χ2n) is 6.79. The van der Waals surface area contributed by atoms with E-state index in [1.165, 1.54) is 18.2 Å². The lowest BCUT2D eigenvalue weighted by Crippen LogP contribution is -2.30. The highest BCUT2D eigenvalue weighted by Crippen LogP contribution is 2.33. The fourth-order valence-electron chi connectivity index (χ4n) is 3.38. The molecule has 0 radical (unpaired) electrons. The van der Waals surface area contributed by atoms with Crippen molar-refractivity contribution in [2.24, 2.45) is 0 Å². The van der Waals surface area contributed by atoms with E-state index in [-0.39, 0.29) is 23.2 Å². The number of hydrogen-bond acceptors (Lipinski definition) is 6. The maximum Gasteiger partial charge on any atom is 0.270 e. The van der Waals surface area contributed by atoms with Gasteiger partial charge in [-0.1, -0.05) is 41.1 Å². The molecule has 8 heteroatoms. The Morgan fingerprint density at radius 2 is 2.04 bits per heavy atom. The molecule has 0 spiro atoms. The molecule has 1 aromatic heterocycles. The molecule has 0 unspecified atom stereocenters. The predicted octanol–water partition coefficient (Wildman–Crippen LogP) is 3.93. The summed E-state index contributed by atoms with van der Waals surface area (Å²) in [5.74, 6) is 0.581. The second kappa shape index (κ2) is 7.22. The minimum Gasteiger partial charge on any atom is -0.337 e. The van der Waals surface area contributed by atoms with Crippen LogP contribution in [-0.4, -0.2) is 32.4 Å². The average Bonchev–Trinajstić information content (AvgIpc) is 3.37. The molecular formula is C20H18N4O4. The highest BCUT2D eigenvalue weighted by Gasteiger charge is 2.35. The maximum absolute atomic E-state index is 12.9. The predicted molar refractivity (Wildman–Crippen MR) is 101 cm³/mol. The van der Waals surface area contributed by atoms with Crippen LogP contribution in [0.2, 0.25) is 0 Å². The Morgan fingerprint density at radius 3 is 2.79 bits per heavy atom. The van der Waals surface area contributed by atoms with Crippen molar-refractivity contribution >= 4 is 11.6 Å². The van der Waals surface area contributed by atoms with Crippen molar-refractivity contribution in [2.45, 2.75) is 25.8 Å². The molecule has 1 aliphatic heterocycles. The summed E-state index contributed by atoms with van der Waals surface area (Å²) in [5, 5.41) is 15.0. The lowest BCUT2D eigenvalue weighted by atomic mass is 10.1. The van der Waals surface area contributed by atoms with E-state index in [2.05, 4.69) is 10.1 Å². The molecule has 28 heavy (non-hydrogen) atoms. The number of likely N-dealkylation sites (tertiary alicyclic amines) is 1. The van der Waals surface area contributed by atoms with E-state index in [0.29, 0.717) is 24.7 Å². The van der Waals surface area contributed by atoms with Crippen LogP contribution in [0.4, 0.5) is 5.69 Å². The van der Waals surface area contributed by atoms with Gasteiger partial charge >= 0.3 is 0 Å². The number of rotatable bonds is 4. The molecule has 2 aromatic carbocycles. The molecular weight excluding hydrogens is 360 g/mol. The fourth-order valence-corrected chi connectivity index (χ4v) is 3.38. The topological polar surface area (TPSA) is 102 Å². The molecule has 3 aromatic rings. The van der Waals surface area contributed by atoms with Gasteiger partial charge in [0, 0.05) is 29.8 Å². The third-order valence-electron chi connectivity index (χ3n) is 4.85. The first-order valence-electron chi connectivity index (χ1n) is 8.99. The van der Waals surface area contributed by atoms with Gasteiger partial charge in [0.1, 0.15) is 6.04 Å². The van der Waals surface area contributed by atoms with E-state index in [1.54, 1.807) is 11.0 Å². The summed E-state index contributed by atoms with van der Waals surface area (Å²) in [7, 11) is 0. The third kappa shape index (κ3) is 3.36. The van der Waals surface area contributed by atoms with Gasteiger partial charge in [0.25, 0.3) is 11.6 Å². The highest BCUT2D eigenvalue weighted by atomic mass is 16.6. The van der Waals surface area contributed by atoms with E-state index < -0.39 is 4.92 Å². The van der Waals surface area contributed by atoms with Gasteiger partial charge in [-0.25, -0.2) is 0 Å². The van der Waals surface area contributed by atoms with Crippen LogP contribution in [0.5, 0.6) is 0 Å². The van der Waals surface area contributed by atoms with Crippen molar-refractivity contribution in [2.75, 3.05) is 6.54 Å². The Balaban J connectivity index is 1.59. The number of non-ortho nitro benzene ring substituents is 1. The first-order valence-corrected chi connectivity index (χ1v) is 8.99. The molecule has 1 fully saturated rings. The van der Waals surface area contributed by atoms with Gasteiger partial charge in [-0.05, 0) is 25.8 Å². The van der Waals surface area contributed by atoms with Crippen LogP contribution < -0.4 is 0 Å². The molecule has 0 saturated carbocycles. The van der Waals surface area contributed by atoms with E-state index in [9.17, 15) is 14.9 Å². The first kappa shape index (κ1) is 17.8. The van der Waals surface area contributed by atoms with Gasteiger partial charge in [0.2, 0.25) is 11.7 Å². The van der Waals surface area contributed by atoms with Crippen LogP contribution in [0, 0.1) is 17.0 Å². The molecule has 1 amide bonds. The molecule has 0 bridgehead atoms. The number of hydrogen-bond donors (Lipinski definition) is 0. The van der Waals surface area contributed by atoms with Gasteiger partial charge in [-0.2, -0.15) is 4.98 Å². The van der Waals surface area contributed by atoms with Crippen LogP contribution >= 0.6 is 0 Å². The van der Waals surface area contributed by atoms with Gasteiger partial charge in [-0.15, -0.1) is 0 Å². The van der Waals surface area contributed by atoms with Crippen molar-refractivity contribution in [3.05, 3.63) is 75.7 Å². The van der Waals surface area contributed by atoms with Crippen molar-refractivity contribution < 1.29 is 14.2 Å². The normalized spacial score (nSPS) is 16.3. The molecule has 1 atom stereocenters. The molecule has 142 valence electrons. The number of carbonyl (C=O) groups is 1. The number of nitro groups is 1. The average molecular weight is 378 g/mol. The molecule has 2 heterocycles. The van der Waals surface area contributed by atoms with Gasteiger partial charge in [-0.3, -0.25) is 14.9 Å². The van der Waals surface area contributed by atoms with E-state index in [0.717, 1.165) is 17.5 Å². The minimum absolute atomic E-state index is 0.110. The van der Waals surface area contributed by atoms with Crippen LogP contribution in [0.1, 0.15) is 40.7 Å². The molecule has 1 aliphatic rings. The first-order chi connectivity index (χ1) is 13.5. The summed E-state index contributed by atoms with van der Waals surface area (Å²) in [4.78, 5) is 29.5. The highest BCUT2D eigenvalue weighted by molar-refractivity contribution is 5.95. The van der Waals surface area contributed by atoms with Gasteiger partial charge < -0.3 is 9.42 Å². The molecule has 0 aliphatic carbocycles. The summed E-state index contributed by atoms with van der Waals surface area (Å²) in [5.41, 5.74) is 2.15. The third-order valence-corrected chi connectivity index (χ3v) is 4.85. The molecule has 0 N–H and O–H groups in total. The van der Waals surface area contributed by atoms with E-state index >= 15 is 0 Å².